The second-order valence-corrected chi connectivity index (χ2v) is 9.80. The van der Waals surface area contributed by atoms with Crippen LogP contribution in [-0.4, -0.2) is 23.9 Å². The van der Waals surface area contributed by atoms with E-state index in [-0.39, 0.29) is 52.9 Å². The number of ether oxygens (including phenoxy) is 1. The maximum Gasteiger partial charge on any atom is 0.352 e. The van der Waals surface area contributed by atoms with E-state index in [0.717, 1.165) is 20.9 Å². The number of para-hydroxylation sites is 1. The van der Waals surface area contributed by atoms with Crippen molar-refractivity contribution in [1.82, 2.24) is 23.9 Å². The molecule has 0 saturated heterocycles. The molecule has 0 aliphatic heterocycles. The Morgan fingerprint density at radius 3 is 2.34 bits per heavy atom. The highest BCUT2D eigenvalue weighted by atomic mass is 19.3. The van der Waals surface area contributed by atoms with E-state index < -0.39 is 23.5 Å². The van der Waals surface area contributed by atoms with Gasteiger partial charge >= 0.3 is 5.69 Å². The number of pyridine rings is 2. The number of hydrogen-bond donors (Lipinski definition) is 0. The van der Waals surface area contributed by atoms with E-state index in [2.05, 4.69) is 10.1 Å². The van der Waals surface area contributed by atoms with Gasteiger partial charge in [0.2, 0.25) is 0 Å². The average Bonchev–Trinajstić information content (AvgIpc) is 3.28. The fourth-order valence-corrected chi connectivity index (χ4v) is 4.73. The minimum atomic E-state index is -2.82. The summed E-state index contributed by atoms with van der Waals surface area (Å²) in [6, 6.07) is 16.1. The van der Waals surface area contributed by atoms with Crippen LogP contribution in [0.25, 0.3) is 22.4 Å². The van der Waals surface area contributed by atoms with Crippen molar-refractivity contribution < 1.29 is 17.9 Å². The lowest BCUT2D eigenvalue weighted by Gasteiger charge is -2.17. The van der Waals surface area contributed by atoms with Crippen LogP contribution >= 0.6 is 0 Å². The van der Waals surface area contributed by atoms with Crippen LogP contribution in [0.2, 0.25) is 0 Å². The monoisotopic (exact) mass is 563 g/mol. The van der Waals surface area contributed by atoms with Crippen molar-refractivity contribution in [3.05, 3.63) is 116 Å². The second kappa shape index (κ2) is 11.5. The Hall–Kier alpha value is -4.51. The van der Waals surface area contributed by atoms with Gasteiger partial charge in [-0.3, -0.25) is 13.9 Å². The van der Waals surface area contributed by atoms with Gasteiger partial charge in [-0.05, 0) is 36.1 Å². The van der Waals surface area contributed by atoms with Crippen LogP contribution in [0.5, 0.6) is 0 Å². The molecular weight excluding hydrogens is 535 g/mol. The molecule has 0 bridgehead atoms. The van der Waals surface area contributed by atoms with Crippen LogP contribution in [0.4, 0.5) is 13.2 Å². The van der Waals surface area contributed by atoms with Crippen molar-refractivity contribution in [2.24, 2.45) is 0 Å². The first-order valence-electron chi connectivity index (χ1n) is 13.1. The van der Waals surface area contributed by atoms with E-state index >= 15 is 4.39 Å². The molecule has 0 radical (unpaired) electrons. The number of nitrogens with zero attached hydrogens (tertiary/aromatic N) is 5. The molecule has 41 heavy (non-hydrogen) atoms. The van der Waals surface area contributed by atoms with Gasteiger partial charge in [-0.1, -0.05) is 62.4 Å². The predicted molar refractivity (Wildman–Crippen MR) is 148 cm³/mol. The molecule has 0 unspecified atom stereocenters. The summed E-state index contributed by atoms with van der Waals surface area (Å²) in [5, 5.41) is 4.21. The summed E-state index contributed by atoms with van der Waals surface area (Å²) in [5.74, 6) is -1.26. The molecule has 8 nitrogen and oxygen atoms in total. The van der Waals surface area contributed by atoms with Gasteiger partial charge in [0.1, 0.15) is 6.61 Å². The normalized spacial score (nSPS) is 11.7. The lowest BCUT2D eigenvalue weighted by Crippen LogP contribution is -2.26. The molecule has 212 valence electrons. The first-order chi connectivity index (χ1) is 19.7. The van der Waals surface area contributed by atoms with Crippen molar-refractivity contribution in [2.75, 3.05) is 0 Å². The van der Waals surface area contributed by atoms with Crippen LogP contribution in [0.3, 0.4) is 0 Å². The number of hydrogen-bond acceptors (Lipinski definition) is 5. The first kappa shape index (κ1) is 28.0. The molecule has 0 fully saturated rings. The minimum absolute atomic E-state index is 0.00108. The summed E-state index contributed by atoms with van der Waals surface area (Å²) in [6.45, 7) is 6.01. The molecule has 0 N–H and O–H groups in total. The lowest BCUT2D eigenvalue weighted by molar-refractivity contribution is 0.0989. The Morgan fingerprint density at radius 2 is 1.66 bits per heavy atom. The van der Waals surface area contributed by atoms with Gasteiger partial charge in [0.25, 0.3) is 12.0 Å². The van der Waals surface area contributed by atoms with Crippen molar-refractivity contribution in [1.29, 1.82) is 0 Å². The van der Waals surface area contributed by atoms with Crippen LogP contribution in [0.1, 0.15) is 55.6 Å². The summed E-state index contributed by atoms with van der Waals surface area (Å²) < 4.78 is 52.2. The molecule has 3 aromatic heterocycles. The minimum Gasteiger partial charge on any atom is -0.369 e. The zero-order valence-corrected chi connectivity index (χ0v) is 22.7. The molecule has 0 aliphatic carbocycles. The number of fused-ring (bicyclic) bond motifs is 1. The molecule has 5 rings (SSSR count). The summed E-state index contributed by atoms with van der Waals surface area (Å²) in [5.41, 5.74) is -0.0288. The van der Waals surface area contributed by atoms with Crippen LogP contribution in [0.15, 0.2) is 76.4 Å². The lowest BCUT2D eigenvalue weighted by atomic mass is 10.0. The number of rotatable bonds is 9. The van der Waals surface area contributed by atoms with Gasteiger partial charge in [0, 0.05) is 18.3 Å². The Balaban J connectivity index is 1.61. The third-order valence-electron chi connectivity index (χ3n) is 6.80. The van der Waals surface area contributed by atoms with E-state index in [4.69, 9.17) is 4.74 Å². The fourth-order valence-electron chi connectivity index (χ4n) is 4.73. The van der Waals surface area contributed by atoms with Crippen molar-refractivity contribution in [3.63, 3.8) is 0 Å². The number of aromatic nitrogens is 5. The highest BCUT2D eigenvalue weighted by molar-refractivity contribution is 5.82. The van der Waals surface area contributed by atoms with E-state index in [0.29, 0.717) is 12.2 Å². The summed E-state index contributed by atoms with van der Waals surface area (Å²) in [4.78, 5) is 31.1. The first-order valence-corrected chi connectivity index (χ1v) is 13.1. The molecule has 11 heteroatoms. The molecule has 0 aliphatic rings. The molecule has 2 aromatic carbocycles. The molecule has 0 amide bonds. The number of benzene rings is 2. The molecular formula is C30H28F3N5O3. The molecule has 3 heterocycles. The van der Waals surface area contributed by atoms with E-state index in [1.807, 2.05) is 44.2 Å². The maximum atomic E-state index is 15.6. The van der Waals surface area contributed by atoms with E-state index in [1.165, 1.54) is 29.0 Å². The largest absolute Gasteiger partial charge is 0.369 e. The maximum absolute atomic E-state index is 15.6. The van der Waals surface area contributed by atoms with Gasteiger partial charge in [-0.15, -0.1) is 5.10 Å². The van der Waals surface area contributed by atoms with Crippen LogP contribution < -0.4 is 11.2 Å². The van der Waals surface area contributed by atoms with Gasteiger partial charge in [-0.25, -0.2) is 22.9 Å². The van der Waals surface area contributed by atoms with Crippen molar-refractivity contribution in [3.8, 4) is 11.5 Å². The molecule has 0 saturated carbocycles. The topological polar surface area (TPSA) is 83.9 Å². The van der Waals surface area contributed by atoms with Crippen molar-refractivity contribution in [2.45, 2.75) is 52.9 Å². The predicted octanol–water partition coefficient (Wildman–Crippen LogP) is 5.67. The molecule has 5 aromatic rings. The highest BCUT2D eigenvalue weighted by Gasteiger charge is 2.23. The number of alkyl halides is 2. The SMILES string of the molecule is CCn1c(COCc2ccccc2)nn(-c2nc3c(C(C)C)cn(-c4ccccc4C(F)F)c(=O)c3cc2F)c1=O. The molecule has 0 atom stereocenters. The molecule has 0 spiro atoms. The summed E-state index contributed by atoms with van der Waals surface area (Å²) in [7, 11) is 0. The van der Waals surface area contributed by atoms with Crippen LogP contribution in [0, 0.1) is 5.82 Å². The third-order valence-corrected chi connectivity index (χ3v) is 6.80. The van der Waals surface area contributed by atoms with Gasteiger partial charge < -0.3 is 4.74 Å². The number of halogens is 3. The smallest absolute Gasteiger partial charge is 0.352 e. The summed E-state index contributed by atoms with van der Waals surface area (Å²) >= 11 is 0. The summed E-state index contributed by atoms with van der Waals surface area (Å²) in [6.07, 6.45) is -1.37. The quantitative estimate of drug-likeness (QED) is 0.231. The average molecular weight is 564 g/mol. The Morgan fingerprint density at radius 1 is 0.951 bits per heavy atom. The van der Waals surface area contributed by atoms with Crippen molar-refractivity contribution >= 4 is 10.9 Å². The second-order valence-electron chi connectivity index (χ2n) is 9.80. The third kappa shape index (κ3) is 5.32. The van der Waals surface area contributed by atoms with E-state index in [9.17, 15) is 18.4 Å². The van der Waals surface area contributed by atoms with Crippen LogP contribution in [-0.2, 0) is 24.5 Å². The van der Waals surface area contributed by atoms with Gasteiger partial charge in [0.05, 0.1) is 23.2 Å². The van der Waals surface area contributed by atoms with Gasteiger partial charge in [-0.2, -0.15) is 4.68 Å². The zero-order valence-electron chi connectivity index (χ0n) is 22.7. The van der Waals surface area contributed by atoms with E-state index in [1.54, 1.807) is 13.0 Å². The Kier molecular flexibility index (Phi) is 7.89. The highest BCUT2D eigenvalue weighted by Crippen LogP contribution is 2.29. The Labute approximate surface area is 233 Å². The standard InChI is InChI=1S/C30H28F3N5O3/c1-4-36-25(17-41-16-19-10-6-5-7-11-19)35-38(30(36)40)28-23(31)14-21-26(34-28)22(18(2)3)15-37(29(21)39)24-13-9-8-12-20(24)27(32)33/h5-15,18,27H,4,16-17H2,1-3H3. The Bertz CT molecular complexity index is 1830. The zero-order chi connectivity index (χ0) is 29.3. The van der Waals surface area contributed by atoms with Gasteiger partial charge in [0.15, 0.2) is 17.5 Å². The fraction of sp³-hybridized carbons (Fsp3) is 0.267.